The summed E-state index contributed by atoms with van der Waals surface area (Å²) in [7, 11) is -3.50. The van der Waals surface area contributed by atoms with E-state index >= 15 is 0 Å². The van der Waals surface area contributed by atoms with E-state index in [1.807, 2.05) is 37.3 Å². The maximum Gasteiger partial charge on any atom is 0.223 e. The molecule has 0 radical (unpaired) electrons. The first-order chi connectivity index (χ1) is 11.9. The van der Waals surface area contributed by atoms with Crippen molar-refractivity contribution in [1.82, 2.24) is 4.90 Å². The number of nitrogens with zero attached hydrogens (tertiary/aromatic N) is 1. The van der Waals surface area contributed by atoms with E-state index in [2.05, 4.69) is 0 Å². The number of amides is 1. The van der Waals surface area contributed by atoms with Gasteiger partial charge in [0.05, 0.1) is 17.3 Å². The Balaban J connectivity index is 2.01. The van der Waals surface area contributed by atoms with E-state index in [0.717, 1.165) is 11.1 Å². The predicted octanol–water partition coefficient (Wildman–Crippen LogP) is 2.18. The summed E-state index contributed by atoms with van der Waals surface area (Å²) in [5.74, 6) is -0.528. The summed E-state index contributed by atoms with van der Waals surface area (Å²) >= 11 is 0. The first kappa shape index (κ1) is 19.1. The largest absolute Gasteiger partial charge is 0.395 e. The molecule has 0 aliphatic rings. The van der Waals surface area contributed by atoms with E-state index in [9.17, 15) is 18.3 Å². The van der Waals surface area contributed by atoms with E-state index in [4.69, 9.17) is 0 Å². The number of benzene rings is 2. The summed E-state index contributed by atoms with van der Waals surface area (Å²) in [5.41, 5.74) is 1.91. The number of hydrogen-bond acceptors (Lipinski definition) is 4. The fraction of sp³-hybridized carbons (Fsp3) is 0.316. The first-order valence-electron chi connectivity index (χ1n) is 8.14. The predicted molar refractivity (Wildman–Crippen MR) is 96.8 cm³/mol. The number of hydrogen-bond donors (Lipinski definition) is 1. The second kappa shape index (κ2) is 8.78. The zero-order chi connectivity index (χ0) is 18.3. The lowest BCUT2D eigenvalue weighted by atomic mass is 10.2. The molecule has 1 N–H and O–H groups in total. The Kier molecular flexibility index (Phi) is 6.73. The van der Waals surface area contributed by atoms with Crippen molar-refractivity contribution in [1.29, 1.82) is 0 Å². The summed E-state index contributed by atoms with van der Waals surface area (Å²) in [6, 6.07) is 16.0. The molecule has 0 aromatic heterocycles. The fourth-order valence-electron chi connectivity index (χ4n) is 2.46. The second-order valence-corrected chi connectivity index (χ2v) is 8.02. The third-order valence-corrected chi connectivity index (χ3v) is 5.64. The molecule has 0 fully saturated rings. The van der Waals surface area contributed by atoms with E-state index in [1.54, 1.807) is 24.3 Å². The van der Waals surface area contributed by atoms with E-state index in [-0.39, 0.29) is 36.1 Å². The van der Waals surface area contributed by atoms with E-state index in [0.29, 0.717) is 6.54 Å². The zero-order valence-electron chi connectivity index (χ0n) is 14.3. The van der Waals surface area contributed by atoms with Gasteiger partial charge in [-0.15, -0.1) is 0 Å². The molecule has 134 valence electrons. The van der Waals surface area contributed by atoms with Crippen molar-refractivity contribution in [2.75, 3.05) is 18.9 Å². The van der Waals surface area contributed by atoms with Crippen LogP contribution in [0.5, 0.6) is 0 Å². The lowest BCUT2D eigenvalue weighted by Gasteiger charge is -2.22. The molecule has 0 spiro atoms. The van der Waals surface area contributed by atoms with Crippen molar-refractivity contribution >= 4 is 15.7 Å². The highest BCUT2D eigenvalue weighted by Crippen LogP contribution is 2.14. The number of sulfone groups is 1. The van der Waals surface area contributed by atoms with Crippen molar-refractivity contribution in [2.45, 2.75) is 24.8 Å². The maximum atomic E-state index is 12.4. The van der Waals surface area contributed by atoms with Crippen molar-refractivity contribution in [3.05, 3.63) is 65.7 Å². The average molecular weight is 361 g/mol. The minimum Gasteiger partial charge on any atom is -0.395 e. The molecule has 0 unspecified atom stereocenters. The van der Waals surface area contributed by atoms with Crippen LogP contribution in [0.2, 0.25) is 0 Å². The topological polar surface area (TPSA) is 74.7 Å². The van der Waals surface area contributed by atoms with Crippen molar-refractivity contribution in [3.8, 4) is 0 Å². The number of aliphatic hydroxyl groups excluding tert-OH is 1. The fourth-order valence-corrected chi connectivity index (χ4v) is 3.69. The molecule has 0 aliphatic carbocycles. The Morgan fingerprint density at radius 3 is 2.28 bits per heavy atom. The van der Waals surface area contributed by atoms with Crippen LogP contribution in [-0.4, -0.2) is 43.2 Å². The highest BCUT2D eigenvalue weighted by atomic mass is 32.2. The van der Waals surface area contributed by atoms with Crippen LogP contribution in [0.25, 0.3) is 0 Å². The molecule has 2 aromatic carbocycles. The Morgan fingerprint density at radius 1 is 1.04 bits per heavy atom. The average Bonchev–Trinajstić information content (AvgIpc) is 2.61. The maximum absolute atomic E-state index is 12.4. The van der Waals surface area contributed by atoms with Gasteiger partial charge in [0.15, 0.2) is 9.84 Å². The van der Waals surface area contributed by atoms with Gasteiger partial charge in [-0.1, -0.05) is 48.0 Å². The van der Waals surface area contributed by atoms with Crippen LogP contribution < -0.4 is 0 Å². The minimum absolute atomic E-state index is 0.108. The molecule has 2 rings (SSSR count). The van der Waals surface area contributed by atoms with Crippen molar-refractivity contribution < 1.29 is 18.3 Å². The molecule has 0 bridgehead atoms. The number of carbonyl (C=O) groups is 1. The highest BCUT2D eigenvalue weighted by molar-refractivity contribution is 7.91. The van der Waals surface area contributed by atoms with E-state index in [1.165, 1.54) is 4.90 Å². The molecule has 0 saturated heterocycles. The number of aryl methyl sites for hydroxylation is 1. The third kappa shape index (κ3) is 5.69. The van der Waals surface area contributed by atoms with Crippen LogP contribution >= 0.6 is 0 Å². The Labute approximate surface area is 148 Å². The van der Waals surface area contributed by atoms with Gasteiger partial charge in [0.25, 0.3) is 0 Å². The quantitative estimate of drug-likeness (QED) is 0.782. The molecule has 0 heterocycles. The lowest BCUT2D eigenvalue weighted by Crippen LogP contribution is -2.34. The minimum atomic E-state index is -3.50. The van der Waals surface area contributed by atoms with Gasteiger partial charge >= 0.3 is 0 Å². The molecule has 0 saturated carbocycles. The molecule has 6 heteroatoms. The number of carbonyl (C=O) groups excluding carboxylic acids is 1. The van der Waals surface area contributed by atoms with Crippen LogP contribution in [0.4, 0.5) is 0 Å². The Bertz CT molecular complexity index is 786. The SMILES string of the molecule is Cc1ccc(S(=O)(=O)CCC(=O)N(CCO)Cc2ccccc2)cc1. The van der Waals surface area contributed by atoms with Gasteiger partial charge in [0, 0.05) is 19.5 Å². The zero-order valence-corrected chi connectivity index (χ0v) is 15.1. The summed E-state index contributed by atoms with van der Waals surface area (Å²) in [6.07, 6.45) is -0.108. The number of rotatable bonds is 8. The molecule has 5 nitrogen and oxygen atoms in total. The highest BCUT2D eigenvalue weighted by Gasteiger charge is 2.19. The molecule has 0 aliphatic heterocycles. The van der Waals surface area contributed by atoms with Gasteiger partial charge in [-0.3, -0.25) is 4.79 Å². The van der Waals surface area contributed by atoms with Crippen LogP contribution in [0.15, 0.2) is 59.5 Å². The number of aliphatic hydroxyl groups is 1. The molecule has 2 aromatic rings. The van der Waals surface area contributed by atoms with Gasteiger partial charge in [0.1, 0.15) is 0 Å². The van der Waals surface area contributed by atoms with Crippen LogP contribution in [0.1, 0.15) is 17.5 Å². The summed E-state index contributed by atoms with van der Waals surface area (Å²) in [5, 5.41) is 9.18. The van der Waals surface area contributed by atoms with Gasteiger partial charge in [0.2, 0.25) is 5.91 Å². The van der Waals surface area contributed by atoms with Crippen molar-refractivity contribution in [2.24, 2.45) is 0 Å². The normalized spacial score (nSPS) is 11.3. The van der Waals surface area contributed by atoms with Crippen LogP contribution in [0.3, 0.4) is 0 Å². The first-order valence-corrected chi connectivity index (χ1v) is 9.79. The lowest BCUT2D eigenvalue weighted by molar-refractivity contribution is -0.131. The van der Waals surface area contributed by atoms with Crippen LogP contribution in [0, 0.1) is 6.92 Å². The second-order valence-electron chi connectivity index (χ2n) is 5.91. The standard InChI is InChI=1S/C19H23NO4S/c1-16-7-9-18(10-8-16)25(23,24)14-11-19(22)20(12-13-21)15-17-5-3-2-4-6-17/h2-10,21H,11-15H2,1H3. The Morgan fingerprint density at radius 2 is 1.68 bits per heavy atom. The summed E-state index contributed by atoms with van der Waals surface area (Å²) in [4.78, 5) is 14.1. The van der Waals surface area contributed by atoms with Crippen LogP contribution in [-0.2, 0) is 21.2 Å². The van der Waals surface area contributed by atoms with Gasteiger partial charge in [-0.25, -0.2) is 8.42 Å². The summed E-state index contributed by atoms with van der Waals surface area (Å²) < 4.78 is 24.7. The van der Waals surface area contributed by atoms with Gasteiger partial charge in [-0.2, -0.15) is 0 Å². The molecule has 1 amide bonds. The smallest absolute Gasteiger partial charge is 0.223 e. The van der Waals surface area contributed by atoms with Gasteiger partial charge < -0.3 is 10.0 Å². The monoisotopic (exact) mass is 361 g/mol. The molecule has 0 atom stereocenters. The summed E-state index contributed by atoms with van der Waals surface area (Å²) in [6.45, 7) is 2.25. The molecular weight excluding hydrogens is 338 g/mol. The van der Waals surface area contributed by atoms with Crippen molar-refractivity contribution in [3.63, 3.8) is 0 Å². The van der Waals surface area contributed by atoms with Gasteiger partial charge in [-0.05, 0) is 24.6 Å². The molecular formula is C19H23NO4S. The van der Waals surface area contributed by atoms with E-state index < -0.39 is 9.84 Å². The molecule has 25 heavy (non-hydrogen) atoms. The third-order valence-electron chi connectivity index (χ3n) is 3.90. The Hall–Kier alpha value is -2.18.